The Morgan fingerprint density at radius 1 is 1.44 bits per heavy atom. The molecule has 0 saturated carbocycles. The van der Waals surface area contributed by atoms with Crippen molar-refractivity contribution in [3.63, 3.8) is 0 Å². The topological polar surface area (TPSA) is 33.2 Å². The number of rotatable bonds is 2. The van der Waals surface area contributed by atoms with Gasteiger partial charge in [-0.1, -0.05) is 0 Å². The van der Waals surface area contributed by atoms with Crippen LogP contribution < -0.4 is 4.90 Å². The second-order valence-corrected chi connectivity index (χ2v) is 5.20. The Balaban J connectivity index is 2.21. The molecule has 1 saturated heterocycles. The first-order chi connectivity index (χ1) is 7.81. The highest BCUT2D eigenvalue weighted by Gasteiger charge is 2.13. The minimum atomic E-state index is 0.658. The predicted molar refractivity (Wildman–Crippen MR) is 68.5 cm³/mol. The summed E-state index contributed by atoms with van der Waals surface area (Å²) in [5, 5.41) is 0. The molecule has 0 aliphatic carbocycles. The van der Waals surface area contributed by atoms with Crippen molar-refractivity contribution < 1.29 is 4.79 Å². The molecule has 16 heavy (non-hydrogen) atoms. The number of aromatic nitrogens is 1. The Bertz CT molecular complexity index is 373. The van der Waals surface area contributed by atoms with Crippen LogP contribution in [0.25, 0.3) is 0 Å². The van der Waals surface area contributed by atoms with Crippen molar-refractivity contribution in [2.75, 3.05) is 29.5 Å². The fourth-order valence-corrected chi connectivity index (χ4v) is 2.83. The van der Waals surface area contributed by atoms with E-state index >= 15 is 0 Å². The van der Waals surface area contributed by atoms with E-state index in [1.165, 1.54) is 12.2 Å². The fourth-order valence-electron chi connectivity index (χ4n) is 1.94. The summed E-state index contributed by atoms with van der Waals surface area (Å²) in [7, 11) is 0. The normalized spacial score (nSPS) is 16.9. The van der Waals surface area contributed by atoms with Gasteiger partial charge >= 0.3 is 0 Å². The van der Waals surface area contributed by atoms with Crippen LogP contribution in [0.15, 0.2) is 12.3 Å². The number of anilines is 1. The Labute approximate surface area is 100 Å². The number of hydrogen-bond donors (Lipinski definition) is 0. The Morgan fingerprint density at radius 2 is 2.31 bits per heavy atom. The van der Waals surface area contributed by atoms with Crippen molar-refractivity contribution in [2.45, 2.75) is 13.3 Å². The van der Waals surface area contributed by atoms with Gasteiger partial charge in [0.15, 0.2) is 6.29 Å². The number of aryl methyl sites for hydroxylation is 1. The summed E-state index contributed by atoms with van der Waals surface area (Å²) < 4.78 is 0. The first-order valence-corrected chi connectivity index (χ1v) is 6.71. The van der Waals surface area contributed by atoms with E-state index in [0.29, 0.717) is 5.56 Å². The molecule has 0 N–H and O–H groups in total. The molecule has 1 aliphatic rings. The van der Waals surface area contributed by atoms with Crippen LogP contribution in [0.4, 0.5) is 5.82 Å². The Morgan fingerprint density at radius 3 is 3.06 bits per heavy atom. The zero-order valence-corrected chi connectivity index (χ0v) is 10.3. The third-order valence-electron chi connectivity index (χ3n) is 2.73. The zero-order chi connectivity index (χ0) is 11.4. The third-order valence-corrected chi connectivity index (χ3v) is 3.78. The summed E-state index contributed by atoms with van der Waals surface area (Å²) in [5.41, 5.74) is 1.75. The van der Waals surface area contributed by atoms with Crippen LogP contribution >= 0.6 is 11.8 Å². The summed E-state index contributed by atoms with van der Waals surface area (Å²) in [5.74, 6) is 3.44. The van der Waals surface area contributed by atoms with Gasteiger partial charge in [-0.05, 0) is 30.7 Å². The van der Waals surface area contributed by atoms with Gasteiger partial charge in [0, 0.05) is 30.6 Å². The van der Waals surface area contributed by atoms with E-state index in [1.807, 2.05) is 24.8 Å². The number of hydrogen-bond acceptors (Lipinski definition) is 4. The quantitative estimate of drug-likeness (QED) is 0.737. The van der Waals surface area contributed by atoms with Gasteiger partial charge in [-0.15, -0.1) is 0 Å². The van der Waals surface area contributed by atoms with Crippen LogP contribution in [0.2, 0.25) is 0 Å². The first-order valence-electron chi connectivity index (χ1n) is 5.56. The number of pyridine rings is 1. The van der Waals surface area contributed by atoms with Crippen LogP contribution in [-0.4, -0.2) is 35.9 Å². The average molecular weight is 236 g/mol. The maximum atomic E-state index is 10.6. The first kappa shape index (κ1) is 11.5. The molecule has 86 valence electrons. The number of thioether (sulfide) groups is 1. The maximum absolute atomic E-state index is 10.6. The molecule has 0 radical (unpaired) electrons. The summed E-state index contributed by atoms with van der Waals surface area (Å²) in [4.78, 5) is 17.4. The van der Waals surface area contributed by atoms with E-state index in [9.17, 15) is 4.79 Å². The molecule has 4 heteroatoms. The van der Waals surface area contributed by atoms with Crippen molar-refractivity contribution in [3.8, 4) is 0 Å². The van der Waals surface area contributed by atoms with E-state index < -0.39 is 0 Å². The van der Waals surface area contributed by atoms with Crippen molar-refractivity contribution in [1.82, 2.24) is 4.98 Å². The van der Waals surface area contributed by atoms with Gasteiger partial charge in [-0.3, -0.25) is 4.79 Å². The largest absolute Gasteiger partial charge is 0.356 e. The SMILES string of the molecule is Cc1cc(C=O)cnc1N1CCCSCC1. The molecule has 2 rings (SSSR count). The monoisotopic (exact) mass is 236 g/mol. The van der Waals surface area contributed by atoms with E-state index in [-0.39, 0.29) is 0 Å². The van der Waals surface area contributed by atoms with Gasteiger partial charge in [-0.2, -0.15) is 11.8 Å². The van der Waals surface area contributed by atoms with Crippen molar-refractivity contribution in [3.05, 3.63) is 23.4 Å². The lowest BCUT2D eigenvalue weighted by atomic mass is 10.2. The molecule has 0 bridgehead atoms. The van der Waals surface area contributed by atoms with Crippen LogP contribution in [0, 0.1) is 6.92 Å². The standard InChI is InChI=1S/C12H16N2OS/c1-10-7-11(9-15)8-13-12(10)14-3-2-5-16-6-4-14/h7-9H,2-6H2,1H3. The zero-order valence-electron chi connectivity index (χ0n) is 9.48. The molecule has 0 amide bonds. The smallest absolute Gasteiger partial charge is 0.151 e. The van der Waals surface area contributed by atoms with E-state index in [2.05, 4.69) is 9.88 Å². The molecule has 1 aromatic rings. The second-order valence-electron chi connectivity index (χ2n) is 3.98. The minimum absolute atomic E-state index is 0.658. The number of carbonyl (C=O) groups excluding carboxylic acids is 1. The molecule has 3 nitrogen and oxygen atoms in total. The summed E-state index contributed by atoms with van der Waals surface area (Å²) >= 11 is 2.00. The van der Waals surface area contributed by atoms with Gasteiger partial charge in [0.1, 0.15) is 5.82 Å². The van der Waals surface area contributed by atoms with Gasteiger partial charge in [0.25, 0.3) is 0 Å². The van der Waals surface area contributed by atoms with Gasteiger partial charge in [0.2, 0.25) is 0 Å². The number of nitrogens with zero attached hydrogens (tertiary/aromatic N) is 2. The van der Waals surface area contributed by atoms with Crippen LogP contribution in [0.3, 0.4) is 0 Å². The predicted octanol–water partition coefficient (Wildman–Crippen LogP) is 2.15. The minimum Gasteiger partial charge on any atom is -0.356 e. The molecule has 1 aromatic heterocycles. The summed E-state index contributed by atoms with van der Waals surface area (Å²) in [6.07, 6.45) is 3.72. The van der Waals surface area contributed by atoms with Gasteiger partial charge < -0.3 is 4.90 Å². The van der Waals surface area contributed by atoms with Crippen LogP contribution in [0.5, 0.6) is 0 Å². The number of aldehydes is 1. The van der Waals surface area contributed by atoms with Gasteiger partial charge in [0.05, 0.1) is 0 Å². The fraction of sp³-hybridized carbons (Fsp3) is 0.500. The molecule has 0 spiro atoms. The molecule has 1 aliphatic heterocycles. The summed E-state index contributed by atoms with van der Waals surface area (Å²) in [6.45, 7) is 4.15. The maximum Gasteiger partial charge on any atom is 0.151 e. The van der Waals surface area contributed by atoms with Crippen LogP contribution in [0.1, 0.15) is 22.3 Å². The third kappa shape index (κ3) is 2.55. The number of carbonyl (C=O) groups is 1. The molecule has 0 atom stereocenters. The van der Waals surface area contributed by atoms with Crippen molar-refractivity contribution in [1.29, 1.82) is 0 Å². The Kier molecular flexibility index (Phi) is 3.83. The lowest BCUT2D eigenvalue weighted by Gasteiger charge is -2.22. The summed E-state index contributed by atoms with van der Waals surface area (Å²) in [6, 6.07) is 1.91. The molecular formula is C12H16N2OS. The highest BCUT2D eigenvalue weighted by Crippen LogP contribution is 2.20. The molecular weight excluding hydrogens is 220 g/mol. The molecule has 1 fully saturated rings. The molecule has 0 unspecified atom stereocenters. The molecule has 2 heterocycles. The highest BCUT2D eigenvalue weighted by atomic mass is 32.2. The second kappa shape index (κ2) is 5.34. The van der Waals surface area contributed by atoms with Gasteiger partial charge in [-0.25, -0.2) is 4.98 Å². The van der Waals surface area contributed by atoms with Crippen molar-refractivity contribution in [2.24, 2.45) is 0 Å². The average Bonchev–Trinajstić information content (AvgIpc) is 2.57. The van der Waals surface area contributed by atoms with Crippen LogP contribution in [-0.2, 0) is 0 Å². The lowest BCUT2D eigenvalue weighted by molar-refractivity contribution is 0.112. The van der Waals surface area contributed by atoms with Crippen molar-refractivity contribution >= 4 is 23.9 Å². The lowest BCUT2D eigenvalue weighted by Crippen LogP contribution is -2.27. The van der Waals surface area contributed by atoms with E-state index in [1.54, 1.807) is 6.20 Å². The molecule has 0 aromatic carbocycles. The van der Waals surface area contributed by atoms with E-state index in [4.69, 9.17) is 0 Å². The van der Waals surface area contributed by atoms with E-state index in [0.717, 1.165) is 36.5 Å². The highest BCUT2D eigenvalue weighted by molar-refractivity contribution is 7.99. The Hall–Kier alpha value is -1.03.